The summed E-state index contributed by atoms with van der Waals surface area (Å²) in [6.45, 7) is 7.91. The minimum Gasteiger partial charge on any atom is -0.377 e. The van der Waals surface area contributed by atoms with Gasteiger partial charge in [-0.25, -0.2) is 4.79 Å². The lowest BCUT2D eigenvalue weighted by Crippen LogP contribution is -2.33. The van der Waals surface area contributed by atoms with Gasteiger partial charge >= 0.3 is 6.03 Å². The molecule has 134 valence electrons. The van der Waals surface area contributed by atoms with Crippen molar-refractivity contribution in [2.75, 3.05) is 12.4 Å². The molecule has 2 aromatic rings. The number of aromatic nitrogens is 3. The Morgan fingerprint density at radius 2 is 2.24 bits per heavy atom. The Morgan fingerprint density at radius 3 is 2.84 bits per heavy atom. The average Bonchev–Trinajstić information content (AvgIpc) is 3.13. The van der Waals surface area contributed by atoms with E-state index in [0.29, 0.717) is 17.2 Å². The Morgan fingerprint density at radius 1 is 1.52 bits per heavy atom. The summed E-state index contributed by atoms with van der Waals surface area (Å²) in [5, 5.41) is 18.3. The number of carbonyl (C=O) groups excluding carboxylic acids is 1. The van der Waals surface area contributed by atoms with Crippen LogP contribution in [0.3, 0.4) is 0 Å². The Bertz CT molecular complexity index is 781. The quantitative estimate of drug-likeness (QED) is 0.859. The van der Waals surface area contributed by atoms with E-state index in [0.717, 1.165) is 0 Å². The standard InChI is InChI=1S/C16H22N6O3/c1-10(14-19-12(9-24-5)21-25-14)18-15(23)20-13-6-11(7-17)8-22(13)16(2,3)4/h6,8,10H,9H2,1-5H3,(H2,18,20,23). The second-order valence-corrected chi connectivity index (χ2v) is 6.57. The maximum atomic E-state index is 12.3. The molecule has 0 radical (unpaired) electrons. The fourth-order valence-corrected chi connectivity index (χ4v) is 2.22. The lowest BCUT2D eigenvalue weighted by Gasteiger charge is -2.24. The van der Waals surface area contributed by atoms with E-state index in [4.69, 9.17) is 14.5 Å². The summed E-state index contributed by atoms with van der Waals surface area (Å²) in [6.07, 6.45) is 1.70. The Labute approximate surface area is 146 Å². The van der Waals surface area contributed by atoms with Crippen molar-refractivity contribution < 1.29 is 14.1 Å². The van der Waals surface area contributed by atoms with Gasteiger partial charge in [-0.1, -0.05) is 5.16 Å². The second-order valence-electron chi connectivity index (χ2n) is 6.57. The predicted octanol–water partition coefficient (Wildman–Crippen LogP) is 2.53. The number of nitrogens with zero attached hydrogens (tertiary/aromatic N) is 4. The highest BCUT2D eigenvalue weighted by molar-refractivity contribution is 5.89. The van der Waals surface area contributed by atoms with Crippen molar-refractivity contribution in [1.82, 2.24) is 20.0 Å². The van der Waals surface area contributed by atoms with E-state index in [2.05, 4.69) is 26.8 Å². The molecule has 9 nitrogen and oxygen atoms in total. The van der Waals surface area contributed by atoms with Gasteiger partial charge < -0.3 is 19.1 Å². The van der Waals surface area contributed by atoms with Crippen LogP contribution in [0.1, 0.15) is 51.0 Å². The molecular formula is C16H22N6O3. The Balaban J connectivity index is 2.07. The molecule has 2 aromatic heterocycles. The maximum absolute atomic E-state index is 12.3. The number of amides is 2. The smallest absolute Gasteiger partial charge is 0.321 e. The zero-order valence-electron chi connectivity index (χ0n) is 15.0. The van der Waals surface area contributed by atoms with Crippen LogP contribution in [0.25, 0.3) is 0 Å². The third kappa shape index (κ3) is 4.58. The molecule has 0 fully saturated rings. The van der Waals surface area contributed by atoms with E-state index in [-0.39, 0.29) is 18.0 Å². The SMILES string of the molecule is COCc1noc(C(C)NC(=O)Nc2cc(C#N)cn2C(C)(C)C)n1. The van der Waals surface area contributed by atoms with Crippen molar-refractivity contribution in [3.8, 4) is 6.07 Å². The molecular weight excluding hydrogens is 324 g/mol. The van der Waals surface area contributed by atoms with Crippen LogP contribution in [0.15, 0.2) is 16.8 Å². The largest absolute Gasteiger partial charge is 0.377 e. The average molecular weight is 346 g/mol. The number of methoxy groups -OCH3 is 1. The van der Waals surface area contributed by atoms with Crippen molar-refractivity contribution in [1.29, 1.82) is 5.26 Å². The van der Waals surface area contributed by atoms with Crippen molar-refractivity contribution in [2.45, 2.75) is 45.9 Å². The van der Waals surface area contributed by atoms with Crippen LogP contribution in [-0.4, -0.2) is 27.8 Å². The van der Waals surface area contributed by atoms with Gasteiger partial charge in [0.1, 0.15) is 24.5 Å². The molecule has 2 heterocycles. The number of rotatable bonds is 5. The normalized spacial score (nSPS) is 12.5. The van der Waals surface area contributed by atoms with Crippen LogP contribution >= 0.6 is 0 Å². The maximum Gasteiger partial charge on any atom is 0.321 e. The van der Waals surface area contributed by atoms with Crippen molar-refractivity contribution >= 4 is 11.8 Å². The lowest BCUT2D eigenvalue weighted by molar-refractivity contribution is 0.174. The molecule has 0 aliphatic heterocycles. The molecule has 2 rings (SSSR count). The molecule has 0 aliphatic rings. The molecule has 1 unspecified atom stereocenters. The van der Waals surface area contributed by atoms with Gasteiger partial charge in [0.05, 0.1) is 5.56 Å². The summed E-state index contributed by atoms with van der Waals surface area (Å²) in [6, 6.07) is 2.78. The molecule has 0 aliphatic carbocycles. The van der Waals surface area contributed by atoms with Gasteiger partial charge in [-0.15, -0.1) is 0 Å². The molecule has 0 saturated heterocycles. The molecule has 2 N–H and O–H groups in total. The number of ether oxygens (including phenoxy) is 1. The highest BCUT2D eigenvalue weighted by Gasteiger charge is 2.21. The summed E-state index contributed by atoms with van der Waals surface area (Å²) in [5.41, 5.74) is 0.185. The third-order valence-corrected chi connectivity index (χ3v) is 3.39. The molecule has 9 heteroatoms. The number of carbonyl (C=O) groups is 1. The summed E-state index contributed by atoms with van der Waals surface area (Å²) >= 11 is 0. The summed E-state index contributed by atoms with van der Waals surface area (Å²) in [4.78, 5) is 16.4. The van der Waals surface area contributed by atoms with Crippen molar-refractivity contribution in [3.63, 3.8) is 0 Å². The van der Waals surface area contributed by atoms with Crippen LogP contribution in [-0.2, 0) is 16.9 Å². The van der Waals surface area contributed by atoms with E-state index in [1.54, 1.807) is 19.2 Å². The second kappa shape index (κ2) is 7.36. The first-order valence-corrected chi connectivity index (χ1v) is 7.76. The molecule has 2 amide bonds. The summed E-state index contributed by atoms with van der Waals surface area (Å²) in [5.74, 6) is 1.22. The number of hydrogen-bond donors (Lipinski definition) is 2. The molecule has 1 atom stereocenters. The van der Waals surface area contributed by atoms with Gasteiger partial charge in [0.2, 0.25) is 5.89 Å². The van der Waals surface area contributed by atoms with Crippen LogP contribution in [0.4, 0.5) is 10.6 Å². The zero-order chi connectivity index (χ0) is 18.6. The molecule has 0 aromatic carbocycles. The number of hydrogen-bond acceptors (Lipinski definition) is 6. The Kier molecular flexibility index (Phi) is 5.44. The van der Waals surface area contributed by atoms with Gasteiger partial charge in [-0.2, -0.15) is 10.2 Å². The highest BCUT2D eigenvalue weighted by Crippen LogP contribution is 2.24. The van der Waals surface area contributed by atoms with E-state index in [1.165, 1.54) is 7.11 Å². The minimum atomic E-state index is -0.480. The van der Waals surface area contributed by atoms with Gasteiger partial charge in [-0.3, -0.25) is 5.32 Å². The first-order chi connectivity index (χ1) is 11.7. The topological polar surface area (TPSA) is 118 Å². The van der Waals surface area contributed by atoms with E-state index in [1.807, 2.05) is 25.3 Å². The van der Waals surface area contributed by atoms with Gasteiger partial charge in [-0.05, 0) is 33.8 Å². The van der Waals surface area contributed by atoms with Crippen molar-refractivity contribution in [3.05, 3.63) is 29.5 Å². The van der Waals surface area contributed by atoms with Crippen LogP contribution in [0.5, 0.6) is 0 Å². The fraction of sp³-hybridized carbons (Fsp3) is 0.500. The first kappa shape index (κ1) is 18.5. The van der Waals surface area contributed by atoms with Crippen LogP contribution in [0.2, 0.25) is 0 Å². The predicted molar refractivity (Wildman–Crippen MR) is 89.7 cm³/mol. The zero-order valence-corrected chi connectivity index (χ0v) is 15.0. The lowest BCUT2D eigenvalue weighted by atomic mass is 10.1. The minimum absolute atomic E-state index is 0.235. The molecule has 0 spiro atoms. The van der Waals surface area contributed by atoms with Crippen molar-refractivity contribution in [2.24, 2.45) is 0 Å². The number of nitriles is 1. The van der Waals surface area contributed by atoms with E-state index < -0.39 is 12.1 Å². The number of anilines is 1. The fourth-order valence-electron chi connectivity index (χ4n) is 2.22. The van der Waals surface area contributed by atoms with Crippen LogP contribution in [0, 0.1) is 11.3 Å². The molecule has 0 bridgehead atoms. The first-order valence-electron chi connectivity index (χ1n) is 7.76. The summed E-state index contributed by atoms with van der Waals surface area (Å²) in [7, 11) is 1.53. The Hall–Kier alpha value is -2.86. The highest BCUT2D eigenvalue weighted by atomic mass is 16.5. The van der Waals surface area contributed by atoms with Crippen LogP contribution < -0.4 is 10.6 Å². The molecule has 0 saturated carbocycles. The van der Waals surface area contributed by atoms with Gasteiger partial charge in [0.25, 0.3) is 0 Å². The molecule has 25 heavy (non-hydrogen) atoms. The third-order valence-electron chi connectivity index (χ3n) is 3.39. The number of nitrogens with one attached hydrogen (secondary N) is 2. The summed E-state index contributed by atoms with van der Waals surface area (Å²) < 4.78 is 11.9. The van der Waals surface area contributed by atoms with Gasteiger partial charge in [0.15, 0.2) is 5.82 Å². The van der Waals surface area contributed by atoms with E-state index in [9.17, 15) is 4.79 Å². The monoisotopic (exact) mass is 346 g/mol. The van der Waals surface area contributed by atoms with E-state index >= 15 is 0 Å². The number of urea groups is 1. The van der Waals surface area contributed by atoms with Gasteiger partial charge in [0, 0.05) is 18.8 Å².